The summed E-state index contributed by atoms with van der Waals surface area (Å²) in [5.74, 6) is 4.96. The van der Waals surface area contributed by atoms with Crippen molar-refractivity contribution in [3.8, 4) is 0 Å². The Morgan fingerprint density at radius 3 is 2.34 bits per heavy atom. The topological polar surface area (TPSA) is 75.4 Å². The van der Waals surface area contributed by atoms with E-state index in [1.165, 1.54) is 0 Å². The van der Waals surface area contributed by atoms with Gasteiger partial charge in [0.05, 0.1) is 11.5 Å². The van der Waals surface area contributed by atoms with Crippen LogP contribution in [-0.2, 0) is 9.59 Å². The number of hydrogen-bond acceptors (Lipinski definition) is 3. The van der Waals surface area contributed by atoms with E-state index in [-0.39, 0.29) is 36.2 Å². The van der Waals surface area contributed by atoms with Gasteiger partial charge in [-0.1, -0.05) is 68.2 Å². The van der Waals surface area contributed by atoms with Crippen LogP contribution in [0.25, 0.3) is 0 Å². The summed E-state index contributed by atoms with van der Waals surface area (Å²) in [5, 5.41) is 1.29. The lowest BCUT2D eigenvalue weighted by atomic mass is 9.66. The first-order valence-corrected chi connectivity index (χ1v) is 11.8. The first-order valence-electron chi connectivity index (χ1n) is 11.1. The molecule has 0 saturated carbocycles. The summed E-state index contributed by atoms with van der Waals surface area (Å²) in [6, 6.07) is 15.3. The van der Waals surface area contributed by atoms with Crippen LogP contribution < -0.4 is 11.3 Å². The van der Waals surface area contributed by atoms with Crippen molar-refractivity contribution in [3.63, 3.8) is 0 Å². The van der Waals surface area contributed by atoms with Gasteiger partial charge in [0.25, 0.3) is 0 Å². The van der Waals surface area contributed by atoms with E-state index < -0.39 is 5.41 Å². The van der Waals surface area contributed by atoms with Crippen molar-refractivity contribution >= 4 is 35.0 Å². The molecule has 0 aliphatic carbocycles. The molecule has 5 nitrogen and oxygen atoms in total. The molecule has 0 bridgehead atoms. The van der Waals surface area contributed by atoms with E-state index in [0.717, 1.165) is 24.0 Å². The van der Waals surface area contributed by atoms with Crippen LogP contribution in [0.1, 0.15) is 69.5 Å². The fraction of sp³-hybridized carbons (Fsp3) is 0.440. The van der Waals surface area contributed by atoms with Crippen LogP contribution in [0.4, 0.5) is 0 Å². The summed E-state index contributed by atoms with van der Waals surface area (Å²) < 4.78 is 0. The fourth-order valence-electron chi connectivity index (χ4n) is 5.03. The highest BCUT2D eigenvalue weighted by Crippen LogP contribution is 2.52. The van der Waals surface area contributed by atoms with Gasteiger partial charge in [-0.05, 0) is 54.7 Å². The van der Waals surface area contributed by atoms with Crippen molar-refractivity contribution in [1.29, 1.82) is 0 Å². The maximum atomic E-state index is 14.0. The summed E-state index contributed by atoms with van der Waals surface area (Å²) in [6.07, 6.45) is 2.16. The molecule has 3 unspecified atom stereocenters. The first-order chi connectivity index (χ1) is 15.2. The van der Waals surface area contributed by atoms with E-state index in [0.29, 0.717) is 16.5 Å². The number of amides is 2. The molecule has 0 radical (unpaired) electrons. The lowest BCUT2D eigenvalue weighted by Gasteiger charge is -2.52. The van der Waals surface area contributed by atoms with Gasteiger partial charge < -0.3 is 4.90 Å². The molecule has 2 amide bonds. The quantitative estimate of drug-likeness (QED) is 0.309. The third-order valence-electron chi connectivity index (χ3n) is 6.64. The minimum absolute atomic E-state index is 0.0203. The number of carbonyl (C=O) groups is 2. The Kier molecular flexibility index (Phi) is 7.86. The summed E-state index contributed by atoms with van der Waals surface area (Å²) in [5.41, 5.74) is 3.37. The number of benzene rings is 2. The number of hydrogen-bond donors (Lipinski definition) is 2. The Hall–Kier alpha value is -2.08. The van der Waals surface area contributed by atoms with Gasteiger partial charge in [0.1, 0.15) is 0 Å². The third-order valence-corrected chi connectivity index (χ3v) is 7.13. The molecule has 1 aliphatic heterocycles. The van der Waals surface area contributed by atoms with E-state index in [1.807, 2.05) is 60.4 Å². The van der Waals surface area contributed by atoms with Crippen molar-refractivity contribution in [3.05, 3.63) is 69.7 Å². The zero-order chi connectivity index (χ0) is 23.5. The predicted octanol–water partition coefficient (Wildman–Crippen LogP) is 5.63. The van der Waals surface area contributed by atoms with Crippen molar-refractivity contribution in [2.45, 2.75) is 64.5 Å². The Balaban J connectivity index is 2.21. The number of hydrazine groups is 1. The molecule has 1 aliphatic rings. The van der Waals surface area contributed by atoms with E-state index in [4.69, 9.17) is 29.0 Å². The summed E-state index contributed by atoms with van der Waals surface area (Å²) in [6.45, 7) is 6.05. The predicted molar refractivity (Wildman–Crippen MR) is 129 cm³/mol. The molecule has 7 heteroatoms. The zero-order valence-electron chi connectivity index (χ0n) is 18.8. The lowest BCUT2D eigenvalue weighted by molar-refractivity contribution is -0.157. The molecule has 32 heavy (non-hydrogen) atoms. The van der Waals surface area contributed by atoms with Crippen LogP contribution in [0, 0.1) is 5.41 Å². The largest absolute Gasteiger partial charge is 0.332 e. The van der Waals surface area contributed by atoms with Crippen LogP contribution in [-0.4, -0.2) is 22.8 Å². The highest BCUT2D eigenvalue weighted by Gasteiger charge is 2.51. The third kappa shape index (κ3) is 4.95. The summed E-state index contributed by atoms with van der Waals surface area (Å²) >= 11 is 12.5. The van der Waals surface area contributed by atoms with Gasteiger partial charge in [0.15, 0.2) is 0 Å². The van der Waals surface area contributed by atoms with Crippen LogP contribution in [0.5, 0.6) is 0 Å². The van der Waals surface area contributed by atoms with Crippen LogP contribution >= 0.6 is 23.2 Å². The molecule has 0 aromatic heterocycles. The van der Waals surface area contributed by atoms with Gasteiger partial charge in [-0.15, -0.1) is 0 Å². The standard InChI is InChI=1S/C25H31Cl2N3O2/c1-4-20(5-2)30-23(16-9-11-18(26)12-10-16)21(17-7-6-8-19(27)13-17)14-25(3,24(30)32)15-22(31)29-28/h6-13,20-21,23H,4-5,14-15,28H2,1-3H3,(H,29,31). The lowest BCUT2D eigenvalue weighted by Crippen LogP contribution is -2.56. The number of piperidine rings is 1. The second-order valence-electron chi connectivity index (χ2n) is 8.85. The van der Waals surface area contributed by atoms with Crippen LogP contribution in [0.15, 0.2) is 48.5 Å². The second-order valence-corrected chi connectivity index (χ2v) is 9.72. The Morgan fingerprint density at radius 2 is 1.78 bits per heavy atom. The SMILES string of the molecule is CCC(CC)N1C(=O)C(C)(CC(=O)NN)CC(c2cccc(Cl)c2)C1c1ccc(Cl)cc1. The molecule has 3 rings (SSSR count). The average molecular weight is 476 g/mol. The van der Waals surface area contributed by atoms with Gasteiger partial charge in [-0.2, -0.15) is 0 Å². The van der Waals surface area contributed by atoms with Crippen molar-refractivity contribution in [1.82, 2.24) is 10.3 Å². The molecule has 3 atom stereocenters. The van der Waals surface area contributed by atoms with Gasteiger partial charge in [-0.25, -0.2) is 5.84 Å². The number of halogens is 2. The highest BCUT2D eigenvalue weighted by atomic mass is 35.5. The van der Waals surface area contributed by atoms with Crippen molar-refractivity contribution in [2.24, 2.45) is 11.3 Å². The van der Waals surface area contributed by atoms with Crippen LogP contribution in [0.2, 0.25) is 10.0 Å². The van der Waals surface area contributed by atoms with Gasteiger partial charge in [-0.3, -0.25) is 15.0 Å². The van der Waals surface area contributed by atoms with E-state index in [9.17, 15) is 9.59 Å². The first kappa shape index (κ1) is 24.6. The molecule has 2 aromatic rings. The van der Waals surface area contributed by atoms with Gasteiger partial charge in [0, 0.05) is 28.4 Å². The molecule has 172 valence electrons. The fourth-order valence-corrected chi connectivity index (χ4v) is 5.36. The number of rotatable bonds is 7. The summed E-state index contributed by atoms with van der Waals surface area (Å²) in [7, 11) is 0. The smallest absolute Gasteiger partial charge is 0.234 e. The molecule has 1 heterocycles. The van der Waals surface area contributed by atoms with Crippen molar-refractivity contribution in [2.75, 3.05) is 0 Å². The molecular weight excluding hydrogens is 445 g/mol. The highest BCUT2D eigenvalue weighted by molar-refractivity contribution is 6.30. The number of nitrogens with one attached hydrogen (secondary N) is 1. The normalized spacial score (nSPS) is 23.5. The Labute approximate surface area is 200 Å². The maximum absolute atomic E-state index is 14.0. The zero-order valence-corrected chi connectivity index (χ0v) is 20.3. The number of nitrogens with two attached hydrogens (primary N) is 1. The molecular formula is C25H31Cl2N3O2. The van der Waals surface area contributed by atoms with E-state index in [1.54, 1.807) is 0 Å². The minimum Gasteiger partial charge on any atom is -0.332 e. The number of carbonyl (C=O) groups excluding carboxylic acids is 2. The van der Waals surface area contributed by atoms with Gasteiger partial charge >= 0.3 is 0 Å². The molecule has 1 saturated heterocycles. The summed E-state index contributed by atoms with van der Waals surface area (Å²) in [4.78, 5) is 28.3. The molecule has 3 N–H and O–H groups in total. The van der Waals surface area contributed by atoms with Gasteiger partial charge in [0.2, 0.25) is 11.8 Å². The maximum Gasteiger partial charge on any atom is 0.234 e. The van der Waals surface area contributed by atoms with E-state index in [2.05, 4.69) is 19.3 Å². The monoisotopic (exact) mass is 475 g/mol. The molecule has 0 spiro atoms. The van der Waals surface area contributed by atoms with Crippen molar-refractivity contribution < 1.29 is 9.59 Å². The number of likely N-dealkylation sites (tertiary alicyclic amines) is 1. The van der Waals surface area contributed by atoms with E-state index >= 15 is 0 Å². The minimum atomic E-state index is -0.887. The average Bonchev–Trinajstić information content (AvgIpc) is 2.78. The molecule has 1 fully saturated rings. The second kappa shape index (κ2) is 10.2. The Bertz CT molecular complexity index is 962. The molecule has 2 aromatic carbocycles. The number of nitrogens with zero attached hydrogens (tertiary/aromatic N) is 1. The Morgan fingerprint density at radius 1 is 1.12 bits per heavy atom. The van der Waals surface area contributed by atoms with Crippen LogP contribution in [0.3, 0.4) is 0 Å².